The molecule has 0 bridgehead atoms. The molecule has 0 aliphatic heterocycles. The lowest BCUT2D eigenvalue weighted by Crippen LogP contribution is -2.13. The third-order valence-electron chi connectivity index (χ3n) is 4.39. The molecule has 0 radical (unpaired) electrons. The normalized spacial score (nSPS) is 18.2. The maximum Gasteiger partial charge on any atom is 0.165 e. The first-order valence-electron chi connectivity index (χ1n) is 7.04. The molecule has 2 aromatic carbocycles. The molecule has 4 nitrogen and oxygen atoms in total. The Balaban J connectivity index is 1.93. The molecule has 2 aliphatic carbocycles. The van der Waals surface area contributed by atoms with Crippen LogP contribution in [0.2, 0.25) is 0 Å². The summed E-state index contributed by atoms with van der Waals surface area (Å²) in [7, 11) is 0. The molecule has 0 saturated carbocycles. The van der Waals surface area contributed by atoms with Gasteiger partial charge in [-0.2, -0.15) is 0 Å². The molecule has 0 saturated heterocycles. The Morgan fingerprint density at radius 2 is 1.68 bits per heavy atom. The first kappa shape index (κ1) is 12.8. The molecule has 110 valence electrons. The van der Waals surface area contributed by atoms with Gasteiger partial charge in [0.25, 0.3) is 0 Å². The van der Waals surface area contributed by atoms with Crippen LogP contribution in [0.15, 0.2) is 30.3 Å². The van der Waals surface area contributed by atoms with E-state index in [2.05, 4.69) is 0 Å². The van der Waals surface area contributed by atoms with Crippen molar-refractivity contribution in [3.63, 3.8) is 0 Å². The Bertz CT molecular complexity index is 862. The largest absolute Gasteiger partial charge is 0.504 e. The van der Waals surface area contributed by atoms with Crippen LogP contribution in [0.3, 0.4) is 0 Å². The second-order valence-corrected chi connectivity index (χ2v) is 5.70. The van der Waals surface area contributed by atoms with Crippen molar-refractivity contribution in [1.29, 1.82) is 0 Å². The average molecular weight is 294 g/mol. The van der Waals surface area contributed by atoms with Crippen LogP contribution in [0.1, 0.15) is 22.3 Å². The summed E-state index contributed by atoms with van der Waals surface area (Å²) in [5.41, 5.74) is 4.34. The summed E-state index contributed by atoms with van der Waals surface area (Å²) in [4.78, 5) is 0. The fourth-order valence-electron chi connectivity index (χ4n) is 3.25. The Morgan fingerprint density at radius 3 is 2.50 bits per heavy atom. The summed E-state index contributed by atoms with van der Waals surface area (Å²) in [6.07, 6.45) is 6.48. The van der Waals surface area contributed by atoms with Gasteiger partial charge in [-0.25, -0.2) is 0 Å². The van der Waals surface area contributed by atoms with Gasteiger partial charge in [0.1, 0.15) is 0 Å². The molecule has 2 aromatic rings. The summed E-state index contributed by atoms with van der Waals surface area (Å²) in [6.45, 7) is 0. The minimum absolute atomic E-state index is 0.113. The molecule has 22 heavy (non-hydrogen) atoms. The molecule has 2 aliphatic rings. The topological polar surface area (TPSA) is 80.9 Å². The average Bonchev–Trinajstić information content (AvgIpc) is 2.50. The molecule has 0 heterocycles. The molecule has 0 aromatic heterocycles. The van der Waals surface area contributed by atoms with Gasteiger partial charge in [0.05, 0.1) is 0 Å². The highest BCUT2D eigenvalue weighted by molar-refractivity contribution is 5.94. The highest BCUT2D eigenvalue weighted by atomic mass is 16.3. The van der Waals surface area contributed by atoms with E-state index in [-0.39, 0.29) is 28.9 Å². The van der Waals surface area contributed by atoms with E-state index >= 15 is 0 Å². The lowest BCUT2D eigenvalue weighted by Gasteiger charge is -2.28. The lowest BCUT2D eigenvalue weighted by atomic mass is 9.76. The third kappa shape index (κ3) is 1.70. The van der Waals surface area contributed by atoms with E-state index in [0.717, 1.165) is 22.3 Å². The Kier molecular flexibility index (Phi) is 2.51. The number of phenols is 4. The first-order chi connectivity index (χ1) is 10.5. The predicted molar refractivity (Wildman–Crippen MR) is 83.6 cm³/mol. The molecule has 1 unspecified atom stereocenters. The maximum atomic E-state index is 10.0. The van der Waals surface area contributed by atoms with Crippen LogP contribution in [0.25, 0.3) is 17.7 Å². The van der Waals surface area contributed by atoms with Gasteiger partial charge < -0.3 is 20.4 Å². The van der Waals surface area contributed by atoms with Crippen LogP contribution in [-0.4, -0.2) is 20.4 Å². The van der Waals surface area contributed by atoms with E-state index in [0.29, 0.717) is 12.0 Å². The van der Waals surface area contributed by atoms with Crippen molar-refractivity contribution >= 4 is 17.7 Å². The first-order valence-corrected chi connectivity index (χ1v) is 7.04. The highest BCUT2D eigenvalue weighted by Crippen LogP contribution is 2.46. The van der Waals surface area contributed by atoms with E-state index in [1.807, 2.05) is 18.2 Å². The van der Waals surface area contributed by atoms with E-state index in [4.69, 9.17) is 0 Å². The predicted octanol–water partition coefficient (Wildman–Crippen LogP) is 3.25. The summed E-state index contributed by atoms with van der Waals surface area (Å²) >= 11 is 0. The van der Waals surface area contributed by atoms with E-state index in [1.54, 1.807) is 18.2 Å². The second-order valence-electron chi connectivity index (χ2n) is 5.70. The zero-order valence-electron chi connectivity index (χ0n) is 11.6. The number of phenolic OH excluding ortho intramolecular Hbond substituents is 4. The van der Waals surface area contributed by atoms with Crippen LogP contribution in [0, 0.1) is 5.92 Å². The van der Waals surface area contributed by atoms with Gasteiger partial charge in [-0.1, -0.05) is 24.3 Å². The molecule has 4 heteroatoms. The van der Waals surface area contributed by atoms with Gasteiger partial charge in [0, 0.05) is 11.5 Å². The molecule has 4 N–H and O–H groups in total. The zero-order valence-corrected chi connectivity index (χ0v) is 11.6. The van der Waals surface area contributed by atoms with Crippen LogP contribution in [0.5, 0.6) is 23.0 Å². The molecule has 0 fully saturated rings. The summed E-state index contributed by atoms with van der Waals surface area (Å²) in [5, 5.41) is 39.0. The minimum Gasteiger partial charge on any atom is -0.504 e. The summed E-state index contributed by atoms with van der Waals surface area (Å²) in [6, 6.07) is 6.41. The SMILES string of the molecule is Oc1cc2c(cc1O)CC1C=Cc3c(ccc(O)c3O)C1=C2. The standard InChI is InChI=1S/C18H14O4/c19-15-4-3-12-13(18(15)22)2-1-9-5-10-7-16(20)17(21)8-11(10)6-14(9)12/h1-4,6-9,19-22H,5H2. The smallest absolute Gasteiger partial charge is 0.165 e. The minimum atomic E-state index is -0.144. The third-order valence-corrected chi connectivity index (χ3v) is 4.39. The molecule has 1 atom stereocenters. The number of hydrogen-bond acceptors (Lipinski definition) is 4. The van der Waals surface area contributed by atoms with Crippen molar-refractivity contribution in [2.75, 3.05) is 0 Å². The Hall–Kier alpha value is -2.88. The van der Waals surface area contributed by atoms with Gasteiger partial charge in [-0.15, -0.1) is 0 Å². The summed E-state index contributed by atoms with van der Waals surface area (Å²) in [5.74, 6) is -0.367. The monoisotopic (exact) mass is 294 g/mol. The van der Waals surface area contributed by atoms with Crippen molar-refractivity contribution in [2.24, 2.45) is 5.92 Å². The Morgan fingerprint density at radius 1 is 0.909 bits per heavy atom. The number of fused-ring (bicyclic) bond motifs is 4. The van der Waals surface area contributed by atoms with Crippen molar-refractivity contribution in [2.45, 2.75) is 6.42 Å². The number of rotatable bonds is 0. The van der Waals surface area contributed by atoms with E-state index in [9.17, 15) is 20.4 Å². The van der Waals surface area contributed by atoms with Crippen LogP contribution in [-0.2, 0) is 6.42 Å². The van der Waals surface area contributed by atoms with Gasteiger partial charge in [-0.05, 0) is 46.9 Å². The highest BCUT2D eigenvalue weighted by Gasteiger charge is 2.27. The van der Waals surface area contributed by atoms with Crippen molar-refractivity contribution in [3.05, 3.63) is 52.6 Å². The molecule has 0 spiro atoms. The van der Waals surface area contributed by atoms with Gasteiger partial charge in [0.2, 0.25) is 0 Å². The fraction of sp³-hybridized carbons (Fsp3) is 0.111. The second kappa shape index (κ2) is 4.31. The lowest BCUT2D eigenvalue weighted by molar-refractivity contribution is 0.402. The number of benzene rings is 2. The van der Waals surface area contributed by atoms with Gasteiger partial charge in [-0.3, -0.25) is 0 Å². The molecular weight excluding hydrogens is 280 g/mol. The zero-order chi connectivity index (χ0) is 15.4. The van der Waals surface area contributed by atoms with E-state index in [1.165, 1.54) is 6.07 Å². The quantitative estimate of drug-likeness (QED) is 0.562. The number of hydrogen-bond donors (Lipinski definition) is 4. The van der Waals surface area contributed by atoms with Gasteiger partial charge in [0.15, 0.2) is 23.0 Å². The van der Waals surface area contributed by atoms with Crippen molar-refractivity contribution in [3.8, 4) is 23.0 Å². The fourth-order valence-corrected chi connectivity index (χ4v) is 3.25. The Labute approximate surface area is 126 Å². The number of allylic oxidation sites excluding steroid dienone is 2. The maximum absolute atomic E-state index is 10.0. The summed E-state index contributed by atoms with van der Waals surface area (Å²) < 4.78 is 0. The number of aromatic hydroxyl groups is 4. The van der Waals surface area contributed by atoms with Gasteiger partial charge >= 0.3 is 0 Å². The molecular formula is C18H14O4. The van der Waals surface area contributed by atoms with Crippen molar-refractivity contribution < 1.29 is 20.4 Å². The van der Waals surface area contributed by atoms with Crippen LogP contribution < -0.4 is 0 Å². The molecule has 0 amide bonds. The van der Waals surface area contributed by atoms with Crippen molar-refractivity contribution in [1.82, 2.24) is 0 Å². The van der Waals surface area contributed by atoms with E-state index < -0.39 is 0 Å². The van der Waals surface area contributed by atoms with Crippen LogP contribution in [0.4, 0.5) is 0 Å². The van der Waals surface area contributed by atoms with Crippen LogP contribution >= 0.6 is 0 Å². The molecule has 4 rings (SSSR count).